The number of halogens is 2. The van der Waals surface area contributed by atoms with Crippen molar-refractivity contribution in [2.45, 2.75) is 0 Å². The number of hydrogen-bond acceptors (Lipinski definition) is 1. The van der Waals surface area contributed by atoms with Crippen LogP contribution < -0.4 is 0 Å². The number of aromatic nitrogens is 2. The number of benzene rings is 2. The summed E-state index contributed by atoms with van der Waals surface area (Å²) in [4.78, 5) is 4.86. The standard InChI is InChI=1S/C19H12Cl2N2/c20-14-9-10-15(16(21)12-14)19-22-18(13-6-2-1-3-7-13)17-8-4-5-11-23(17)19/h1-12H. The first kappa shape index (κ1) is 14.3. The van der Waals surface area contributed by atoms with Gasteiger partial charge in [-0.3, -0.25) is 4.40 Å². The number of imidazole rings is 1. The van der Waals surface area contributed by atoms with E-state index in [4.69, 9.17) is 28.2 Å². The van der Waals surface area contributed by atoms with Gasteiger partial charge in [0.25, 0.3) is 0 Å². The van der Waals surface area contributed by atoms with Gasteiger partial charge in [0.15, 0.2) is 0 Å². The molecule has 0 aliphatic rings. The normalized spacial score (nSPS) is 11.0. The lowest BCUT2D eigenvalue weighted by Gasteiger charge is -2.04. The minimum Gasteiger partial charge on any atom is -0.299 e. The first-order valence-corrected chi connectivity index (χ1v) is 7.97. The Morgan fingerprint density at radius 3 is 2.39 bits per heavy atom. The van der Waals surface area contributed by atoms with Crippen molar-refractivity contribution in [1.82, 2.24) is 9.38 Å². The second kappa shape index (κ2) is 5.73. The summed E-state index contributed by atoms with van der Waals surface area (Å²) in [6.45, 7) is 0. The third-order valence-corrected chi connectivity index (χ3v) is 4.32. The van der Waals surface area contributed by atoms with Gasteiger partial charge in [0.2, 0.25) is 0 Å². The number of fused-ring (bicyclic) bond motifs is 1. The quantitative estimate of drug-likeness (QED) is 0.439. The molecule has 0 fully saturated rings. The van der Waals surface area contributed by atoms with Crippen molar-refractivity contribution in [1.29, 1.82) is 0 Å². The van der Waals surface area contributed by atoms with Crippen LogP contribution in [0, 0.1) is 0 Å². The highest BCUT2D eigenvalue weighted by atomic mass is 35.5. The highest BCUT2D eigenvalue weighted by Crippen LogP contribution is 2.34. The van der Waals surface area contributed by atoms with Gasteiger partial charge in [-0.2, -0.15) is 0 Å². The Bertz CT molecular complexity index is 991. The van der Waals surface area contributed by atoms with Gasteiger partial charge < -0.3 is 0 Å². The predicted octanol–water partition coefficient (Wildman–Crippen LogP) is 5.98. The van der Waals surface area contributed by atoms with E-state index in [1.165, 1.54) is 0 Å². The van der Waals surface area contributed by atoms with Gasteiger partial charge in [0.1, 0.15) is 5.82 Å². The zero-order valence-electron chi connectivity index (χ0n) is 12.1. The topological polar surface area (TPSA) is 17.3 Å². The molecule has 4 aromatic rings. The van der Waals surface area contributed by atoms with Crippen LogP contribution >= 0.6 is 23.2 Å². The Morgan fingerprint density at radius 2 is 1.61 bits per heavy atom. The van der Waals surface area contributed by atoms with Gasteiger partial charge in [0.05, 0.1) is 16.2 Å². The fourth-order valence-electron chi connectivity index (χ4n) is 2.71. The van der Waals surface area contributed by atoms with Crippen molar-refractivity contribution in [3.63, 3.8) is 0 Å². The van der Waals surface area contributed by atoms with Crippen molar-refractivity contribution in [2.75, 3.05) is 0 Å². The molecule has 0 unspecified atom stereocenters. The molecule has 2 heterocycles. The van der Waals surface area contributed by atoms with E-state index in [1.807, 2.05) is 48.7 Å². The van der Waals surface area contributed by atoms with E-state index in [0.717, 1.165) is 28.2 Å². The van der Waals surface area contributed by atoms with Crippen LogP contribution in [0.4, 0.5) is 0 Å². The van der Waals surface area contributed by atoms with E-state index < -0.39 is 0 Å². The molecular formula is C19H12Cl2N2. The summed E-state index contributed by atoms with van der Waals surface area (Å²) in [6, 6.07) is 21.7. The van der Waals surface area contributed by atoms with E-state index in [-0.39, 0.29) is 0 Å². The van der Waals surface area contributed by atoms with E-state index >= 15 is 0 Å². The van der Waals surface area contributed by atoms with Crippen LogP contribution in [0.5, 0.6) is 0 Å². The average molecular weight is 339 g/mol. The largest absolute Gasteiger partial charge is 0.299 e. The van der Waals surface area contributed by atoms with Crippen molar-refractivity contribution in [3.8, 4) is 22.6 Å². The van der Waals surface area contributed by atoms with Crippen LogP contribution in [0.2, 0.25) is 10.0 Å². The van der Waals surface area contributed by atoms with Crippen LogP contribution in [-0.2, 0) is 0 Å². The van der Waals surface area contributed by atoms with Gasteiger partial charge in [-0.15, -0.1) is 0 Å². The van der Waals surface area contributed by atoms with Gasteiger partial charge in [-0.05, 0) is 30.3 Å². The lowest BCUT2D eigenvalue weighted by Crippen LogP contribution is -1.89. The summed E-state index contributed by atoms with van der Waals surface area (Å²) < 4.78 is 2.05. The fourth-order valence-corrected chi connectivity index (χ4v) is 3.20. The molecule has 23 heavy (non-hydrogen) atoms. The maximum atomic E-state index is 6.38. The SMILES string of the molecule is Clc1ccc(-c2nc(-c3ccccc3)c3ccccn23)c(Cl)c1. The number of rotatable bonds is 2. The summed E-state index contributed by atoms with van der Waals surface area (Å²) in [7, 11) is 0. The average Bonchev–Trinajstić information content (AvgIpc) is 2.95. The van der Waals surface area contributed by atoms with Gasteiger partial charge in [-0.25, -0.2) is 4.98 Å². The molecule has 0 bridgehead atoms. The second-order valence-corrected chi connectivity index (χ2v) is 6.07. The van der Waals surface area contributed by atoms with E-state index in [0.29, 0.717) is 10.0 Å². The third-order valence-electron chi connectivity index (χ3n) is 3.77. The Morgan fingerprint density at radius 1 is 0.826 bits per heavy atom. The van der Waals surface area contributed by atoms with Crippen LogP contribution in [0.3, 0.4) is 0 Å². The number of pyridine rings is 1. The van der Waals surface area contributed by atoms with Crippen LogP contribution in [0.25, 0.3) is 28.2 Å². The Hall–Kier alpha value is -2.29. The van der Waals surface area contributed by atoms with Crippen molar-refractivity contribution >= 4 is 28.7 Å². The van der Waals surface area contributed by atoms with E-state index in [9.17, 15) is 0 Å². The Balaban J connectivity index is 2.02. The summed E-state index contributed by atoms with van der Waals surface area (Å²) in [5.74, 6) is 0.807. The molecule has 0 saturated heterocycles. The molecule has 0 amide bonds. The van der Waals surface area contributed by atoms with Gasteiger partial charge >= 0.3 is 0 Å². The maximum Gasteiger partial charge on any atom is 0.146 e. The first-order valence-electron chi connectivity index (χ1n) is 7.22. The molecule has 2 aromatic heterocycles. The summed E-state index contributed by atoms with van der Waals surface area (Å²) in [6.07, 6.45) is 2.00. The van der Waals surface area contributed by atoms with Crippen molar-refractivity contribution in [3.05, 3.63) is 83.0 Å². The number of nitrogens with zero attached hydrogens (tertiary/aromatic N) is 2. The highest BCUT2D eigenvalue weighted by molar-refractivity contribution is 6.36. The highest BCUT2D eigenvalue weighted by Gasteiger charge is 2.15. The molecule has 0 radical (unpaired) electrons. The summed E-state index contributed by atoms with van der Waals surface area (Å²) in [5, 5.41) is 1.20. The molecule has 4 heteroatoms. The molecule has 2 nitrogen and oxygen atoms in total. The zero-order valence-corrected chi connectivity index (χ0v) is 13.6. The summed E-state index contributed by atoms with van der Waals surface area (Å²) in [5.41, 5.74) is 3.92. The minimum absolute atomic E-state index is 0.591. The molecule has 0 aliphatic carbocycles. The van der Waals surface area contributed by atoms with Gasteiger partial charge in [0, 0.05) is 22.3 Å². The minimum atomic E-state index is 0.591. The fraction of sp³-hybridized carbons (Fsp3) is 0. The lowest BCUT2D eigenvalue weighted by molar-refractivity contribution is 1.16. The van der Waals surface area contributed by atoms with Crippen molar-refractivity contribution < 1.29 is 0 Å². The molecule has 0 atom stereocenters. The van der Waals surface area contributed by atoms with Crippen LogP contribution in [0.1, 0.15) is 0 Å². The van der Waals surface area contributed by atoms with Crippen molar-refractivity contribution in [2.24, 2.45) is 0 Å². The predicted molar refractivity (Wildman–Crippen MR) is 96.1 cm³/mol. The third kappa shape index (κ3) is 2.50. The van der Waals surface area contributed by atoms with E-state index in [2.05, 4.69) is 22.6 Å². The second-order valence-electron chi connectivity index (χ2n) is 5.23. The lowest BCUT2D eigenvalue weighted by atomic mass is 10.1. The molecule has 0 spiro atoms. The maximum absolute atomic E-state index is 6.38. The molecule has 2 aromatic carbocycles. The Kier molecular flexibility index (Phi) is 3.56. The molecule has 0 aliphatic heterocycles. The summed E-state index contributed by atoms with van der Waals surface area (Å²) >= 11 is 12.4. The monoisotopic (exact) mass is 338 g/mol. The van der Waals surface area contributed by atoms with Crippen LogP contribution in [-0.4, -0.2) is 9.38 Å². The van der Waals surface area contributed by atoms with Gasteiger partial charge in [-0.1, -0.05) is 59.6 Å². The number of hydrogen-bond donors (Lipinski definition) is 0. The Labute approximate surface area is 143 Å². The molecular weight excluding hydrogens is 327 g/mol. The molecule has 4 rings (SSSR count). The smallest absolute Gasteiger partial charge is 0.146 e. The van der Waals surface area contributed by atoms with E-state index in [1.54, 1.807) is 6.07 Å². The zero-order chi connectivity index (χ0) is 15.8. The van der Waals surface area contributed by atoms with Crippen LogP contribution in [0.15, 0.2) is 72.9 Å². The molecule has 0 N–H and O–H groups in total. The molecule has 0 saturated carbocycles. The first-order chi connectivity index (χ1) is 11.2. The molecule has 112 valence electrons.